The van der Waals surface area contributed by atoms with Crippen LogP contribution in [0.2, 0.25) is 0 Å². The quantitative estimate of drug-likeness (QED) is 0.658. The van der Waals surface area contributed by atoms with Crippen molar-refractivity contribution in [3.63, 3.8) is 0 Å². The highest BCUT2D eigenvalue weighted by Gasteiger charge is 2.51. The van der Waals surface area contributed by atoms with E-state index in [0.717, 1.165) is 5.56 Å². The van der Waals surface area contributed by atoms with E-state index < -0.39 is 11.7 Å². The van der Waals surface area contributed by atoms with Crippen LogP contribution in [0.1, 0.15) is 30.9 Å². The number of phenols is 1. The first-order valence-corrected chi connectivity index (χ1v) is 6.93. The van der Waals surface area contributed by atoms with Crippen molar-refractivity contribution in [2.24, 2.45) is 0 Å². The maximum absolute atomic E-state index is 12.1. The van der Waals surface area contributed by atoms with Gasteiger partial charge < -0.3 is 20.1 Å². The molecule has 1 heterocycles. The van der Waals surface area contributed by atoms with Gasteiger partial charge in [0.25, 0.3) is 0 Å². The van der Waals surface area contributed by atoms with Crippen LogP contribution in [0.25, 0.3) is 5.76 Å². The Morgan fingerprint density at radius 2 is 1.91 bits per heavy atom. The first-order valence-electron chi connectivity index (χ1n) is 6.93. The van der Waals surface area contributed by atoms with Gasteiger partial charge in [0.2, 0.25) is 0 Å². The monoisotopic (exact) mass is 320 g/mol. The third-order valence-corrected chi connectivity index (χ3v) is 4.08. The molecule has 3 N–H and O–H groups in total. The predicted molar refractivity (Wildman–Crippen MR) is 76.7 cm³/mol. The van der Waals surface area contributed by atoms with Crippen molar-refractivity contribution in [1.82, 2.24) is 0 Å². The zero-order valence-corrected chi connectivity index (χ0v) is 12.6. The number of carbonyl (C=O) groups excluding carboxylic acids is 3. The standard InChI is InChI=1S/C15H16O5.CO2/c1-7-5-9(17)12-10(6-7)20-15(2)11(18)4-3-8(16)13(15)14(12)19;2-1-3/h5-6,11,17-19H,3-4H2,1-2H3;. The minimum atomic E-state index is -1.27. The highest BCUT2D eigenvalue weighted by Crippen LogP contribution is 2.48. The molecule has 0 saturated heterocycles. The Bertz CT molecular complexity index is 728. The molecule has 1 aromatic rings. The number of carbonyl (C=O) groups is 1. The number of rotatable bonds is 0. The van der Waals surface area contributed by atoms with Crippen LogP contribution in [0.3, 0.4) is 0 Å². The van der Waals surface area contributed by atoms with Gasteiger partial charge in [-0.3, -0.25) is 4.79 Å². The molecule has 2 aliphatic rings. The molecule has 0 aromatic heterocycles. The number of phenolic OH excluding ortho intramolecular Hbond substituents is 1. The Hall–Kier alpha value is -2.63. The fourth-order valence-electron chi connectivity index (χ4n) is 3.00. The van der Waals surface area contributed by atoms with Crippen LogP contribution in [0.5, 0.6) is 11.5 Å². The van der Waals surface area contributed by atoms with Gasteiger partial charge in [-0.15, -0.1) is 0 Å². The molecule has 23 heavy (non-hydrogen) atoms. The summed E-state index contributed by atoms with van der Waals surface area (Å²) in [5.74, 6) is -0.421. The summed E-state index contributed by atoms with van der Waals surface area (Å²) in [6.45, 7) is 3.37. The van der Waals surface area contributed by atoms with Crippen LogP contribution < -0.4 is 4.74 Å². The minimum absolute atomic E-state index is 0.0444. The van der Waals surface area contributed by atoms with Crippen LogP contribution >= 0.6 is 0 Å². The van der Waals surface area contributed by atoms with Crippen molar-refractivity contribution in [3.05, 3.63) is 28.8 Å². The molecule has 1 aromatic carbocycles. The first-order chi connectivity index (χ1) is 10.8. The molecular weight excluding hydrogens is 304 g/mol. The van der Waals surface area contributed by atoms with Gasteiger partial charge in [0.05, 0.1) is 11.7 Å². The molecule has 7 nitrogen and oxygen atoms in total. The fraction of sp³-hybridized carbons (Fsp3) is 0.375. The number of ether oxygens (including phenoxy) is 1. The van der Waals surface area contributed by atoms with Gasteiger partial charge in [0.1, 0.15) is 22.8 Å². The second kappa shape index (κ2) is 5.87. The van der Waals surface area contributed by atoms with Crippen LogP contribution in [-0.4, -0.2) is 39.0 Å². The maximum Gasteiger partial charge on any atom is 0.373 e. The van der Waals surface area contributed by atoms with Gasteiger partial charge in [-0.1, -0.05) is 0 Å². The molecule has 1 saturated carbocycles. The van der Waals surface area contributed by atoms with Crippen molar-refractivity contribution in [2.75, 3.05) is 0 Å². The number of hydrogen-bond donors (Lipinski definition) is 3. The smallest absolute Gasteiger partial charge is 0.373 e. The number of aryl methyl sites for hydroxylation is 1. The molecule has 1 fully saturated rings. The Labute approximate surface area is 131 Å². The van der Waals surface area contributed by atoms with Crippen LogP contribution in [0.15, 0.2) is 17.7 Å². The van der Waals surface area contributed by atoms with Crippen LogP contribution in [0.4, 0.5) is 0 Å². The molecule has 0 bridgehead atoms. The number of aliphatic hydroxyl groups is 2. The van der Waals surface area contributed by atoms with Gasteiger partial charge >= 0.3 is 6.15 Å². The number of ketones is 1. The van der Waals surface area contributed by atoms with Gasteiger partial charge in [-0.05, 0) is 38.0 Å². The Morgan fingerprint density at radius 1 is 1.30 bits per heavy atom. The molecule has 0 radical (unpaired) electrons. The van der Waals surface area contributed by atoms with Crippen molar-refractivity contribution < 1.29 is 34.4 Å². The molecule has 0 spiro atoms. The number of fused-ring (bicyclic) bond motifs is 2. The molecule has 122 valence electrons. The van der Waals surface area contributed by atoms with Gasteiger partial charge in [0, 0.05) is 6.42 Å². The molecule has 7 heteroatoms. The first kappa shape index (κ1) is 16.7. The van der Waals surface area contributed by atoms with Crippen LogP contribution in [0, 0.1) is 6.92 Å². The highest BCUT2D eigenvalue weighted by molar-refractivity contribution is 6.05. The fourth-order valence-corrected chi connectivity index (χ4v) is 3.00. The third-order valence-electron chi connectivity index (χ3n) is 4.08. The number of aliphatic hydroxyl groups excluding tert-OH is 2. The number of Topliss-reactive ketones (excluding diaryl/α,β-unsaturated/α-hetero) is 1. The summed E-state index contributed by atoms with van der Waals surface area (Å²) in [5.41, 5.74) is -0.349. The summed E-state index contributed by atoms with van der Waals surface area (Å²) < 4.78 is 5.79. The number of aromatic hydroxyl groups is 1. The minimum Gasteiger partial charge on any atom is -0.507 e. The normalized spacial score (nSPS) is 25.3. The van der Waals surface area contributed by atoms with Gasteiger partial charge in [-0.2, -0.15) is 9.59 Å². The second-order valence-corrected chi connectivity index (χ2v) is 5.65. The average molecular weight is 320 g/mol. The molecule has 1 aliphatic carbocycles. The van der Waals surface area contributed by atoms with E-state index in [-0.39, 0.29) is 46.8 Å². The van der Waals surface area contributed by atoms with Crippen molar-refractivity contribution in [2.45, 2.75) is 38.4 Å². The summed E-state index contributed by atoms with van der Waals surface area (Å²) in [4.78, 5) is 28.3. The van der Waals surface area contributed by atoms with Gasteiger partial charge in [0.15, 0.2) is 11.4 Å². The zero-order chi connectivity index (χ0) is 17.4. The molecule has 2 atom stereocenters. The van der Waals surface area contributed by atoms with Crippen molar-refractivity contribution in [1.29, 1.82) is 0 Å². The lowest BCUT2D eigenvalue weighted by Crippen LogP contribution is -2.53. The summed E-state index contributed by atoms with van der Waals surface area (Å²) in [6, 6.07) is 3.16. The predicted octanol–water partition coefficient (Wildman–Crippen LogP) is 1.26. The van der Waals surface area contributed by atoms with Crippen LogP contribution in [-0.2, 0) is 14.4 Å². The van der Waals surface area contributed by atoms with Crippen molar-refractivity contribution in [3.8, 4) is 11.5 Å². The van der Waals surface area contributed by atoms with E-state index in [2.05, 4.69) is 0 Å². The SMILES string of the molecule is Cc1cc(O)c2c(c1)OC1(C)C(=C2O)C(=O)CCC1O.O=C=O. The van der Waals surface area contributed by atoms with Gasteiger partial charge in [-0.25, -0.2) is 0 Å². The lowest BCUT2D eigenvalue weighted by molar-refractivity contribution is -0.191. The largest absolute Gasteiger partial charge is 0.507 e. The average Bonchev–Trinajstić information content (AvgIpc) is 2.42. The zero-order valence-electron chi connectivity index (χ0n) is 12.6. The summed E-state index contributed by atoms with van der Waals surface area (Å²) >= 11 is 0. The second-order valence-electron chi connectivity index (χ2n) is 5.65. The van der Waals surface area contributed by atoms with E-state index in [0.29, 0.717) is 6.42 Å². The topological polar surface area (TPSA) is 121 Å². The lowest BCUT2D eigenvalue weighted by atomic mass is 9.75. The molecular formula is C16H16O7. The van der Waals surface area contributed by atoms with Crippen molar-refractivity contribution >= 4 is 17.7 Å². The third kappa shape index (κ3) is 2.60. The van der Waals surface area contributed by atoms with E-state index in [1.807, 2.05) is 0 Å². The maximum atomic E-state index is 12.1. The van der Waals surface area contributed by atoms with E-state index in [1.165, 1.54) is 6.07 Å². The summed E-state index contributed by atoms with van der Waals surface area (Å²) in [7, 11) is 0. The lowest BCUT2D eigenvalue weighted by Gasteiger charge is -2.43. The molecule has 2 unspecified atom stereocenters. The Kier molecular flexibility index (Phi) is 4.27. The van der Waals surface area contributed by atoms with E-state index in [9.17, 15) is 20.1 Å². The number of hydrogen-bond acceptors (Lipinski definition) is 7. The molecule has 0 amide bonds. The molecule has 1 aliphatic heterocycles. The summed E-state index contributed by atoms with van der Waals surface area (Å²) in [5, 5.41) is 30.6. The molecule has 3 rings (SSSR count). The van der Waals surface area contributed by atoms with E-state index in [4.69, 9.17) is 14.3 Å². The Morgan fingerprint density at radius 3 is 2.52 bits per heavy atom. The van der Waals surface area contributed by atoms with E-state index >= 15 is 0 Å². The highest BCUT2D eigenvalue weighted by atomic mass is 16.5. The number of benzene rings is 1. The van der Waals surface area contributed by atoms with E-state index in [1.54, 1.807) is 19.9 Å². The summed E-state index contributed by atoms with van der Waals surface area (Å²) in [6.07, 6.45) is -0.186. The Balaban J connectivity index is 0.000000595.